The Bertz CT molecular complexity index is 2370. The molecule has 16 nitrogen and oxygen atoms in total. The van der Waals surface area contributed by atoms with Gasteiger partial charge in [-0.15, -0.1) is 0 Å². The van der Waals surface area contributed by atoms with Gasteiger partial charge in [0.15, 0.2) is 29.2 Å². The number of rotatable bonds is 5. The standard InChI is InChI=1S/C34H35N7O9S/c1-12-15-8-40(3)7-6-14(15)13(2)22-20(12)21-17(37-22)4-5-19(43)34(21)49-28-18(10-47-27-16(9-42)24(44)25(45)26(27)46)48-32(29(28)50-34)41-11-36-23-30(41)38-33(35)39-31(23)51/h4-8,11,16,18,24-29,32,42,44-46H,9-10H2,1-3H3,(H3,35,38,39,51)/p+1/t16?,18-,24?,25?,26?,27?,28-,29-,32-,34+/m1/s1. The summed E-state index contributed by atoms with van der Waals surface area (Å²) in [7, 11) is 1.95. The van der Waals surface area contributed by atoms with E-state index >= 15 is 0 Å². The van der Waals surface area contributed by atoms with Crippen molar-refractivity contribution in [2.75, 3.05) is 18.9 Å². The number of imidazole rings is 1. The lowest BCUT2D eigenvalue weighted by atomic mass is 9.89. The van der Waals surface area contributed by atoms with Gasteiger partial charge < -0.3 is 55.1 Å². The largest absolute Gasteiger partial charge is 0.396 e. The Labute approximate surface area is 294 Å². The molecule has 2 aliphatic carbocycles. The summed E-state index contributed by atoms with van der Waals surface area (Å²) in [6.07, 6.45) is -0.470. The van der Waals surface area contributed by atoms with E-state index in [-0.39, 0.29) is 17.2 Å². The van der Waals surface area contributed by atoms with Crippen LogP contribution in [0.2, 0.25) is 0 Å². The van der Waals surface area contributed by atoms with Gasteiger partial charge in [-0.25, -0.2) is 14.5 Å². The van der Waals surface area contributed by atoms with Crippen molar-refractivity contribution in [3.63, 3.8) is 0 Å². The van der Waals surface area contributed by atoms with Gasteiger partial charge in [-0.1, -0.05) is 12.2 Å². The molecule has 1 saturated carbocycles. The fourth-order valence-electron chi connectivity index (χ4n) is 8.39. The van der Waals surface area contributed by atoms with Crippen molar-refractivity contribution in [3.05, 3.63) is 57.9 Å². The Morgan fingerprint density at radius 1 is 1.10 bits per heavy atom. The molecule has 0 amide bonds. The molecule has 3 fully saturated rings. The molecule has 4 aliphatic rings. The average molecular weight is 719 g/mol. The zero-order valence-electron chi connectivity index (χ0n) is 27.7. The summed E-state index contributed by atoms with van der Waals surface area (Å²) in [5.74, 6) is -3.18. The van der Waals surface area contributed by atoms with Gasteiger partial charge >= 0.3 is 0 Å². The number of nitrogens with one attached hydrogen (secondary N) is 2. The molecule has 4 aromatic heterocycles. The molecule has 0 bridgehead atoms. The number of hydrogen-bond acceptors (Lipinski definition) is 13. The van der Waals surface area contributed by atoms with Crippen LogP contribution in [0.1, 0.15) is 28.6 Å². The highest BCUT2D eigenvalue weighted by atomic mass is 32.1. The summed E-state index contributed by atoms with van der Waals surface area (Å²) in [6.45, 7) is 3.30. The number of aliphatic hydroxyl groups excluding tert-OH is 4. The first-order valence-electron chi connectivity index (χ1n) is 16.6. The van der Waals surface area contributed by atoms with E-state index in [0.717, 1.165) is 32.8 Å². The van der Waals surface area contributed by atoms with Crippen LogP contribution in [0, 0.1) is 24.4 Å². The molecule has 1 spiro atoms. The Balaban J connectivity index is 1.18. The zero-order chi connectivity index (χ0) is 35.7. The molecule has 5 aromatic rings. The maximum atomic E-state index is 14.2. The van der Waals surface area contributed by atoms with Crippen LogP contribution in [0.25, 0.3) is 38.9 Å². The molecular weight excluding hydrogens is 682 g/mol. The molecule has 17 heteroatoms. The Kier molecular flexibility index (Phi) is 7.32. The number of fused-ring (bicyclic) bond motifs is 7. The summed E-state index contributed by atoms with van der Waals surface area (Å²) < 4.78 is 30.1. The molecule has 5 unspecified atom stereocenters. The normalized spacial score (nSPS) is 33.0. The minimum atomic E-state index is -1.88. The Hall–Kier alpha value is -4.17. The van der Waals surface area contributed by atoms with Crippen LogP contribution in [0.15, 0.2) is 30.9 Å². The van der Waals surface area contributed by atoms with Gasteiger partial charge in [0.1, 0.15) is 48.7 Å². The van der Waals surface area contributed by atoms with Gasteiger partial charge in [-0.3, -0.25) is 9.36 Å². The van der Waals surface area contributed by atoms with Crippen molar-refractivity contribution in [2.45, 2.75) is 68.6 Å². The molecule has 2 saturated heterocycles. The first-order chi connectivity index (χ1) is 24.4. The third kappa shape index (κ3) is 4.50. The molecule has 8 N–H and O–H groups in total. The van der Waals surface area contributed by atoms with Gasteiger partial charge in [0.2, 0.25) is 5.78 Å². The molecule has 10 atom stereocenters. The van der Waals surface area contributed by atoms with Crippen molar-refractivity contribution < 1.29 is 48.7 Å². The monoisotopic (exact) mass is 718 g/mol. The predicted molar refractivity (Wildman–Crippen MR) is 181 cm³/mol. The quantitative estimate of drug-likeness (QED) is 0.0964. The summed E-state index contributed by atoms with van der Waals surface area (Å²) in [4.78, 5) is 29.3. The number of carbonyl (C=O) groups excluding carboxylic acids is 1. The highest BCUT2D eigenvalue weighted by molar-refractivity contribution is 7.71. The average Bonchev–Trinajstić information content (AvgIpc) is 3.90. The summed E-state index contributed by atoms with van der Waals surface area (Å²) in [5, 5.41) is 44.3. The fourth-order valence-corrected chi connectivity index (χ4v) is 8.64. The number of aromatic nitrogens is 6. The number of benzene rings is 1. The summed E-state index contributed by atoms with van der Waals surface area (Å²) in [5.41, 5.74) is 10.8. The Morgan fingerprint density at radius 2 is 1.88 bits per heavy atom. The zero-order valence-corrected chi connectivity index (χ0v) is 28.5. The van der Waals surface area contributed by atoms with Crippen LogP contribution in [-0.4, -0.2) is 107 Å². The molecular formula is C34H36N7O9S+. The first kappa shape index (κ1) is 32.7. The van der Waals surface area contributed by atoms with Crippen LogP contribution in [0.4, 0.5) is 5.95 Å². The molecule has 0 radical (unpaired) electrons. The number of H-pyrrole nitrogens is 2. The molecule has 2 aliphatic heterocycles. The lowest BCUT2D eigenvalue weighted by molar-refractivity contribution is -0.670. The van der Waals surface area contributed by atoms with E-state index in [2.05, 4.69) is 26.0 Å². The van der Waals surface area contributed by atoms with Gasteiger partial charge in [0.05, 0.1) is 42.8 Å². The third-order valence-corrected chi connectivity index (χ3v) is 11.2. The highest BCUT2D eigenvalue weighted by Crippen LogP contribution is 2.53. The third-order valence-electron chi connectivity index (χ3n) is 10.9. The minimum absolute atomic E-state index is 0.0635. The lowest BCUT2D eigenvalue weighted by Gasteiger charge is -2.32. The van der Waals surface area contributed by atoms with Crippen molar-refractivity contribution in [3.8, 4) is 0 Å². The highest BCUT2D eigenvalue weighted by Gasteiger charge is 2.64. The number of nitrogen functional groups attached to an aromatic ring is 1. The molecule has 266 valence electrons. The van der Waals surface area contributed by atoms with Crippen LogP contribution in [-0.2, 0) is 36.6 Å². The second-order valence-corrected chi connectivity index (χ2v) is 14.2. The molecule has 9 rings (SSSR count). The van der Waals surface area contributed by atoms with Crippen molar-refractivity contribution in [1.82, 2.24) is 24.5 Å². The first-order valence-corrected chi connectivity index (χ1v) is 17.0. The number of hydrogen-bond donors (Lipinski definition) is 7. The number of ketones is 1. The van der Waals surface area contributed by atoms with Crippen molar-refractivity contribution in [1.29, 1.82) is 0 Å². The number of aromatic amines is 2. The molecule has 6 heterocycles. The van der Waals surface area contributed by atoms with Crippen LogP contribution in [0.3, 0.4) is 0 Å². The Morgan fingerprint density at radius 3 is 2.67 bits per heavy atom. The topological polar surface area (TPSA) is 227 Å². The van der Waals surface area contributed by atoms with Crippen LogP contribution < -0.4 is 10.3 Å². The van der Waals surface area contributed by atoms with Gasteiger partial charge in [-0.2, -0.15) is 0 Å². The van der Waals surface area contributed by atoms with Crippen molar-refractivity contribution in [2.24, 2.45) is 13.0 Å². The van der Waals surface area contributed by atoms with E-state index in [1.807, 2.05) is 37.9 Å². The van der Waals surface area contributed by atoms with Gasteiger partial charge in [0.25, 0.3) is 5.79 Å². The van der Waals surface area contributed by atoms with Gasteiger partial charge in [0, 0.05) is 28.5 Å². The molecule has 1 aromatic carbocycles. The van der Waals surface area contributed by atoms with E-state index in [1.165, 1.54) is 12.4 Å². The van der Waals surface area contributed by atoms with E-state index in [1.54, 1.807) is 10.6 Å². The van der Waals surface area contributed by atoms with E-state index in [0.29, 0.717) is 22.4 Å². The fraction of sp³-hybridized carbons (Fsp3) is 0.441. The maximum Gasteiger partial charge on any atom is 0.264 e. The number of nitrogens with zero attached hydrogens (tertiary/aromatic N) is 4. The number of aliphatic hydroxyl groups is 4. The van der Waals surface area contributed by atoms with E-state index in [4.69, 9.17) is 36.9 Å². The summed E-state index contributed by atoms with van der Waals surface area (Å²) in [6, 6.07) is 2.07. The number of aryl methyl sites for hydroxylation is 3. The SMILES string of the molecule is Cc1c2cc[n+](C)cc2c(C)c2c3c([nH]c12)C=CC(=O)[C@]31O[C@@H]2[C@H](O1)[C@@H](COC1C(O)C(O)C(O)C1CO)O[C@H]2n1cnc2c(=S)nc(N)[nH]c21. The number of nitrogens with two attached hydrogens (primary N) is 1. The van der Waals surface area contributed by atoms with E-state index in [9.17, 15) is 25.2 Å². The second kappa shape index (κ2) is 11.4. The van der Waals surface area contributed by atoms with Crippen LogP contribution >= 0.6 is 12.2 Å². The predicted octanol–water partition coefficient (Wildman–Crippen LogP) is 0.367. The smallest absolute Gasteiger partial charge is 0.264 e. The summed E-state index contributed by atoms with van der Waals surface area (Å²) >= 11 is 5.41. The number of pyridine rings is 1. The number of carbonyl (C=O) groups is 1. The second-order valence-electron chi connectivity index (χ2n) is 13.8. The maximum absolute atomic E-state index is 14.2. The van der Waals surface area contributed by atoms with Gasteiger partial charge in [-0.05, 0) is 42.5 Å². The lowest BCUT2D eigenvalue weighted by Crippen LogP contribution is -2.42. The van der Waals surface area contributed by atoms with Crippen LogP contribution in [0.5, 0.6) is 0 Å². The minimum Gasteiger partial charge on any atom is -0.396 e. The number of ether oxygens (including phenoxy) is 4. The molecule has 51 heavy (non-hydrogen) atoms. The van der Waals surface area contributed by atoms with E-state index < -0.39 is 73.1 Å². The number of anilines is 1. The van der Waals surface area contributed by atoms with Crippen molar-refractivity contribution >= 4 is 62.9 Å².